The summed E-state index contributed by atoms with van der Waals surface area (Å²) in [6, 6.07) is 15.6. The Morgan fingerprint density at radius 1 is 1.12 bits per heavy atom. The minimum absolute atomic E-state index is 0.254. The lowest BCUT2D eigenvalue weighted by Crippen LogP contribution is -2.11. The third-order valence-corrected chi connectivity index (χ3v) is 5.18. The average Bonchev–Trinajstić information content (AvgIpc) is 2.99. The first-order valence-corrected chi connectivity index (χ1v) is 8.91. The van der Waals surface area contributed by atoms with E-state index >= 15 is 0 Å². The van der Waals surface area contributed by atoms with Crippen LogP contribution in [0.1, 0.15) is 15.2 Å². The minimum atomic E-state index is -0.254. The Morgan fingerprint density at radius 2 is 1.92 bits per heavy atom. The summed E-state index contributed by atoms with van der Waals surface area (Å²) in [7, 11) is 0. The quantitative estimate of drug-likeness (QED) is 0.563. The van der Waals surface area contributed by atoms with Crippen molar-refractivity contribution in [3.63, 3.8) is 0 Å². The topological polar surface area (TPSA) is 80.9 Å². The van der Waals surface area contributed by atoms with E-state index in [1.54, 1.807) is 24.5 Å². The highest BCUT2D eigenvalue weighted by atomic mass is 32.1. The van der Waals surface area contributed by atoms with E-state index in [1.165, 1.54) is 16.9 Å². The van der Waals surface area contributed by atoms with E-state index in [2.05, 4.69) is 22.4 Å². The molecule has 0 aliphatic carbocycles. The number of carbonyl (C=O) groups excluding carboxylic acids is 1. The number of aryl methyl sites for hydroxylation is 1. The van der Waals surface area contributed by atoms with Gasteiger partial charge in [-0.3, -0.25) is 9.78 Å². The van der Waals surface area contributed by atoms with Gasteiger partial charge in [0.1, 0.15) is 9.71 Å². The van der Waals surface area contributed by atoms with Gasteiger partial charge in [-0.25, -0.2) is 4.98 Å². The van der Waals surface area contributed by atoms with Gasteiger partial charge >= 0.3 is 0 Å². The Kier molecular flexibility index (Phi) is 4.10. The molecule has 4 aromatic rings. The molecule has 0 fully saturated rings. The Balaban J connectivity index is 1.70. The third kappa shape index (κ3) is 3.02. The molecule has 1 aromatic carbocycles. The van der Waals surface area contributed by atoms with E-state index in [4.69, 9.17) is 10.7 Å². The number of benzene rings is 1. The Hall–Kier alpha value is -3.25. The Bertz CT molecular complexity index is 1090. The summed E-state index contributed by atoms with van der Waals surface area (Å²) >= 11 is 1.29. The molecule has 6 heteroatoms. The Labute approximate surface area is 154 Å². The maximum absolute atomic E-state index is 12.6. The van der Waals surface area contributed by atoms with Gasteiger partial charge in [0, 0.05) is 17.1 Å². The number of nitrogen functional groups attached to an aromatic ring is 1. The van der Waals surface area contributed by atoms with Crippen molar-refractivity contribution in [2.24, 2.45) is 0 Å². The van der Waals surface area contributed by atoms with Crippen molar-refractivity contribution < 1.29 is 4.79 Å². The standard InChI is InChI=1S/C20H16N4OS/c1-12-4-6-13(7-5-12)16-9-8-15-17(21)18(26-20(15)24-16)19(25)23-14-3-2-10-22-11-14/h2-11H,21H2,1H3,(H,23,25). The van der Waals surface area contributed by atoms with Gasteiger partial charge in [0.05, 0.1) is 23.3 Å². The number of aromatic nitrogens is 2. The van der Waals surface area contributed by atoms with E-state index in [0.29, 0.717) is 16.3 Å². The van der Waals surface area contributed by atoms with Crippen molar-refractivity contribution in [1.82, 2.24) is 9.97 Å². The summed E-state index contributed by atoms with van der Waals surface area (Å²) in [5.74, 6) is -0.254. The van der Waals surface area contributed by atoms with Gasteiger partial charge in [0.2, 0.25) is 0 Å². The summed E-state index contributed by atoms with van der Waals surface area (Å²) in [4.78, 5) is 22.4. The summed E-state index contributed by atoms with van der Waals surface area (Å²) in [6.07, 6.45) is 3.25. The average molecular weight is 360 g/mol. The molecule has 0 unspecified atom stereocenters. The molecule has 0 atom stereocenters. The van der Waals surface area contributed by atoms with Crippen LogP contribution in [0.5, 0.6) is 0 Å². The second-order valence-corrected chi connectivity index (χ2v) is 6.95. The number of hydrogen-bond donors (Lipinski definition) is 2. The summed E-state index contributed by atoms with van der Waals surface area (Å²) in [5.41, 5.74) is 10.4. The van der Waals surface area contributed by atoms with Crippen LogP contribution in [0.4, 0.5) is 11.4 Å². The summed E-state index contributed by atoms with van der Waals surface area (Å²) in [6.45, 7) is 2.05. The fourth-order valence-electron chi connectivity index (χ4n) is 2.68. The number of anilines is 2. The van der Waals surface area contributed by atoms with Crippen LogP contribution >= 0.6 is 11.3 Å². The SMILES string of the molecule is Cc1ccc(-c2ccc3c(N)c(C(=O)Nc4cccnc4)sc3n2)cc1. The minimum Gasteiger partial charge on any atom is -0.397 e. The molecule has 0 aliphatic heterocycles. The molecule has 5 nitrogen and oxygen atoms in total. The van der Waals surface area contributed by atoms with Crippen LogP contribution in [-0.4, -0.2) is 15.9 Å². The van der Waals surface area contributed by atoms with Gasteiger partial charge in [-0.05, 0) is 31.2 Å². The van der Waals surface area contributed by atoms with E-state index < -0.39 is 0 Å². The zero-order valence-corrected chi connectivity index (χ0v) is 14.9. The summed E-state index contributed by atoms with van der Waals surface area (Å²) in [5, 5.41) is 3.61. The molecule has 0 aliphatic rings. The van der Waals surface area contributed by atoms with Crippen molar-refractivity contribution in [2.75, 3.05) is 11.1 Å². The van der Waals surface area contributed by atoms with Gasteiger partial charge in [-0.2, -0.15) is 0 Å². The van der Waals surface area contributed by atoms with Crippen LogP contribution in [0.25, 0.3) is 21.5 Å². The number of pyridine rings is 2. The molecular formula is C20H16N4OS. The summed E-state index contributed by atoms with van der Waals surface area (Å²) < 4.78 is 0. The maximum Gasteiger partial charge on any atom is 0.267 e. The van der Waals surface area contributed by atoms with Gasteiger partial charge in [-0.1, -0.05) is 29.8 Å². The molecule has 3 N–H and O–H groups in total. The van der Waals surface area contributed by atoms with Gasteiger partial charge in [-0.15, -0.1) is 11.3 Å². The zero-order valence-electron chi connectivity index (χ0n) is 14.1. The number of nitrogens with one attached hydrogen (secondary N) is 1. The fourth-order valence-corrected chi connectivity index (χ4v) is 3.66. The molecule has 3 aromatic heterocycles. The van der Waals surface area contributed by atoms with Gasteiger partial charge in [0.25, 0.3) is 5.91 Å². The second-order valence-electron chi connectivity index (χ2n) is 5.96. The van der Waals surface area contributed by atoms with E-state index in [9.17, 15) is 4.79 Å². The normalized spacial score (nSPS) is 10.8. The van der Waals surface area contributed by atoms with E-state index in [-0.39, 0.29) is 5.91 Å². The largest absolute Gasteiger partial charge is 0.397 e. The molecule has 0 bridgehead atoms. The first-order chi connectivity index (χ1) is 12.6. The molecule has 26 heavy (non-hydrogen) atoms. The first-order valence-electron chi connectivity index (χ1n) is 8.09. The van der Waals surface area contributed by atoms with Crippen molar-refractivity contribution in [1.29, 1.82) is 0 Å². The predicted molar refractivity (Wildman–Crippen MR) is 106 cm³/mol. The monoisotopic (exact) mass is 360 g/mol. The van der Waals surface area contributed by atoms with Crippen LogP contribution in [-0.2, 0) is 0 Å². The van der Waals surface area contributed by atoms with Crippen molar-refractivity contribution in [3.05, 3.63) is 71.4 Å². The lowest BCUT2D eigenvalue weighted by Gasteiger charge is -2.03. The van der Waals surface area contributed by atoms with Crippen LogP contribution in [0, 0.1) is 6.92 Å². The number of thiophene rings is 1. The molecule has 3 heterocycles. The van der Waals surface area contributed by atoms with E-state index in [1.807, 2.05) is 31.2 Å². The smallest absolute Gasteiger partial charge is 0.267 e. The van der Waals surface area contributed by atoms with Crippen LogP contribution in [0.15, 0.2) is 60.9 Å². The van der Waals surface area contributed by atoms with Crippen molar-refractivity contribution in [3.8, 4) is 11.3 Å². The third-order valence-electron chi connectivity index (χ3n) is 4.07. The number of hydrogen-bond acceptors (Lipinski definition) is 5. The molecule has 128 valence electrons. The molecular weight excluding hydrogens is 344 g/mol. The highest BCUT2D eigenvalue weighted by Crippen LogP contribution is 2.34. The lowest BCUT2D eigenvalue weighted by atomic mass is 10.1. The molecule has 4 rings (SSSR count). The van der Waals surface area contributed by atoms with Crippen LogP contribution in [0.2, 0.25) is 0 Å². The highest BCUT2D eigenvalue weighted by Gasteiger charge is 2.18. The number of rotatable bonds is 3. The predicted octanol–water partition coefficient (Wildman–Crippen LogP) is 4.50. The lowest BCUT2D eigenvalue weighted by molar-refractivity contribution is 0.103. The molecule has 0 radical (unpaired) electrons. The molecule has 1 amide bonds. The number of nitrogens with two attached hydrogens (primary N) is 1. The molecule has 0 saturated heterocycles. The van der Waals surface area contributed by atoms with Crippen molar-refractivity contribution in [2.45, 2.75) is 6.92 Å². The van der Waals surface area contributed by atoms with Crippen molar-refractivity contribution >= 4 is 38.8 Å². The molecule has 0 saturated carbocycles. The fraction of sp³-hybridized carbons (Fsp3) is 0.0500. The number of nitrogens with zero attached hydrogens (tertiary/aromatic N) is 2. The number of fused-ring (bicyclic) bond motifs is 1. The van der Waals surface area contributed by atoms with E-state index in [0.717, 1.165) is 21.5 Å². The second kappa shape index (κ2) is 6.57. The first kappa shape index (κ1) is 16.2. The van der Waals surface area contributed by atoms with Crippen LogP contribution < -0.4 is 11.1 Å². The zero-order chi connectivity index (χ0) is 18.1. The number of amides is 1. The Morgan fingerprint density at radius 3 is 2.65 bits per heavy atom. The molecule has 0 spiro atoms. The van der Waals surface area contributed by atoms with Gasteiger partial charge < -0.3 is 11.1 Å². The van der Waals surface area contributed by atoms with Gasteiger partial charge in [0.15, 0.2) is 0 Å². The van der Waals surface area contributed by atoms with Crippen LogP contribution in [0.3, 0.4) is 0 Å². The maximum atomic E-state index is 12.6. The highest BCUT2D eigenvalue weighted by molar-refractivity contribution is 7.21. The number of carbonyl (C=O) groups is 1.